The molecular formula is C19H16N+. The molecule has 96 valence electrons. The quantitative estimate of drug-likeness (QED) is 0.251. The van der Waals surface area contributed by atoms with Crippen LogP contribution in [0.25, 0.3) is 27.1 Å². The molecule has 0 aliphatic heterocycles. The van der Waals surface area contributed by atoms with Crippen LogP contribution in [0.4, 0.5) is 0 Å². The molecule has 0 radical (unpaired) electrons. The Morgan fingerprint density at radius 3 is 2.50 bits per heavy atom. The zero-order valence-corrected chi connectivity index (χ0v) is 11.7. The lowest BCUT2D eigenvalue weighted by molar-refractivity contribution is -0.510. The van der Waals surface area contributed by atoms with Gasteiger partial charge in [-0.25, -0.2) is 0 Å². The van der Waals surface area contributed by atoms with Gasteiger partial charge in [0.15, 0.2) is 12.4 Å². The van der Waals surface area contributed by atoms with Crippen LogP contribution in [0.1, 0.15) is 11.1 Å². The van der Waals surface area contributed by atoms with Crippen molar-refractivity contribution >= 4 is 27.1 Å². The lowest BCUT2D eigenvalue weighted by Crippen LogP contribution is -2.22. The molecule has 0 aliphatic rings. The molecule has 0 saturated heterocycles. The second kappa shape index (κ2) is 4.04. The van der Waals surface area contributed by atoms with Crippen molar-refractivity contribution in [3.8, 4) is 0 Å². The first-order valence-corrected chi connectivity index (χ1v) is 6.97. The molecule has 1 heteroatoms. The molecule has 0 fully saturated rings. The summed E-state index contributed by atoms with van der Waals surface area (Å²) in [4.78, 5) is 0. The highest BCUT2D eigenvalue weighted by Gasteiger charge is 2.14. The maximum Gasteiger partial charge on any atom is 0.217 e. The van der Waals surface area contributed by atoms with Gasteiger partial charge in [-0.2, -0.15) is 4.40 Å². The van der Waals surface area contributed by atoms with Gasteiger partial charge in [0.2, 0.25) is 5.52 Å². The van der Waals surface area contributed by atoms with Gasteiger partial charge < -0.3 is 0 Å². The fourth-order valence-electron chi connectivity index (χ4n) is 3.26. The molecule has 4 aromatic rings. The zero-order chi connectivity index (χ0) is 13.7. The van der Waals surface area contributed by atoms with Crippen LogP contribution < -0.4 is 4.40 Å². The molecule has 0 bridgehead atoms. The van der Waals surface area contributed by atoms with E-state index >= 15 is 0 Å². The summed E-state index contributed by atoms with van der Waals surface area (Å²) in [6, 6.07) is 17.4. The normalized spacial score (nSPS) is 11.5. The third kappa shape index (κ3) is 1.47. The highest BCUT2D eigenvalue weighted by Crippen LogP contribution is 2.28. The standard InChI is InChI=1S/C19H16N/c1-13-6-5-11-20-12-18-16(14(2)19(13)20)10-9-15-7-3-4-8-17(15)18/h3-12H,1-2H3/q+1. The van der Waals surface area contributed by atoms with E-state index in [1.807, 2.05) is 0 Å². The number of aromatic nitrogens is 1. The molecule has 0 amide bonds. The molecule has 2 aromatic carbocycles. The van der Waals surface area contributed by atoms with Gasteiger partial charge >= 0.3 is 0 Å². The lowest BCUT2D eigenvalue weighted by atomic mass is 9.99. The minimum atomic E-state index is 1.30. The largest absolute Gasteiger partial charge is 0.217 e. The molecular weight excluding hydrogens is 242 g/mol. The second-order valence-electron chi connectivity index (χ2n) is 5.45. The predicted octanol–water partition coefficient (Wildman–Crippen LogP) is 4.35. The van der Waals surface area contributed by atoms with E-state index in [9.17, 15) is 0 Å². The molecule has 2 aromatic heterocycles. The molecule has 2 heterocycles. The van der Waals surface area contributed by atoms with Gasteiger partial charge in [-0.3, -0.25) is 0 Å². The maximum atomic E-state index is 2.26. The van der Waals surface area contributed by atoms with Gasteiger partial charge in [-0.1, -0.05) is 36.4 Å². The summed E-state index contributed by atoms with van der Waals surface area (Å²) in [6.45, 7) is 4.40. The topological polar surface area (TPSA) is 4.10 Å². The number of benzene rings is 2. The van der Waals surface area contributed by atoms with E-state index in [1.54, 1.807) is 0 Å². The van der Waals surface area contributed by atoms with Crippen molar-refractivity contribution in [1.82, 2.24) is 0 Å². The van der Waals surface area contributed by atoms with E-state index in [4.69, 9.17) is 0 Å². The Hall–Kier alpha value is -2.41. The molecule has 4 rings (SSSR count). The van der Waals surface area contributed by atoms with E-state index in [1.165, 1.54) is 38.2 Å². The summed E-state index contributed by atoms with van der Waals surface area (Å²) in [5.41, 5.74) is 3.99. The molecule has 0 atom stereocenters. The molecule has 0 aliphatic carbocycles. The fraction of sp³-hybridized carbons (Fsp3) is 0.105. The highest BCUT2D eigenvalue weighted by atomic mass is 14.8. The monoisotopic (exact) mass is 258 g/mol. The highest BCUT2D eigenvalue weighted by molar-refractivity contribution is 6.08. The van der Waals surface area contributed by atoms with Crippen LogP contribution in [0.3, 0.4) is 0 Å². The molecule has 20 heavy (non-hydrogen) atoms. The Balaban J connectivity index is 2.32. The lowest BCUT2D eigenvalue weighted by Gasteiger charge is -2.07. The SMILES string of the molecule is Cc1ccc[n+]2cc3c(ccc4ccccc43)c(C)c12. The number of nitrogens with zero attached hydrogens (tertiary/aromatic N) is 1. The number of hydrogen-bond donors (Lipinski definition) is 0. The molecule has 1 nitrogen and oxygen atoms in total. The van der Waals surface area contributed by atoms with E-state index < -0.39 is 0 Å². The van der Waals surface area contributed by atoms with Gasteiger partial charge in [-0.05, 0) is 36.1 Å². The minimum absolute atomic E-state index is 1.30. The van der Waals surface area contributed by atoms with Gasteiger partial charge in [-0.15, -0.1) is 0 Å². The van der Waals surface area contributed by atoms with Crippen LogP contribution in [0, 0.1) is 13.8 Å². The summed E-state index contributed by atoms with van der Waals surface area (Å²) in [5.74, 6) is 0. The Bertz CT molecular complexity index is 967. The molecule has 0 saturated carbocycles. The van der Waals surface area contributed by atoms with Crippen LogP contribution in [0.2, 0.25) is 0 Å². The summed E-state index contributed by atoms with van der Waals surface area (Å²) >= 11 is 0. The summed E-state index contributed by atoms with van der Waals surface area (Å²) in [6.07, 6.45) is 4.39. The second-order valence-corrected chi connectivity index (χ2v) is 5.45. The van der Waals surface area contributed by atoms with Crippen molar-refractivity contribution in [3.05, 3.63) is 72.1 Å². The van der Waals surface area contributed by atoms with Gasteiger partial charge in [0.1, 0.15) is 0 Å². The van der Waals surface area contributed by atoms with Crippen molar-refractivity contribution < 1.29 is 4.40 Å². The van der Waals surface area contributed by atoms with Gasteiger partial charge in [0, 0.05) is 17.2 Å². The third-order valence-corrected chi connectivity index (χ3v) is 4.22. The van der Waals surface area contributed by atoms with E-state index in [2.05, 4.69) is 79.2 Å². The number of aryl methyl sites for hydroxylation is 2. The first-order valence-electron chi connectivity index (χ1n) is 6.97. The summed E-state index contributed by atoms with van der Waals surface area (Å²) < 4.78 is 2.25. The Kier molecular flexibility index (Phi) is 2.31. The van der Waals surface area contributed by atoms with Crippen molar-refractivity contribution in [2.24, 2.45) is 0 Å². The predicted molar refractivity (Wildman–Crippen MR) is 84.1 cm³/mol. The van der Waals surface area contributed by atoms with Crippen LogP contribution in [-0.2, 0) is 0 Å². The summed E-state index contributed by atoms with van der Waals surface area (Å²) in [7, 11) is 0. The number of fused-ring (bicyclic) bond motifs is 4. The van der Waals surface area contributed by atoms with Gasteiger partial charge in [0.05, 0.1) is 5.39 Å². The minimum Gasteiger partial charge on any atom is -0.166 e. The van der Waals surface area contributed by atoms with Crippen molar-refractivity contribution in [2.75, 3.05) is 0 Å². The molecule has 0 unspecified atom stereocenters. The maximum absolute atomic E-state index is 2.26. The van der Waals surface area contributed by atoms with Crippen LogP contribution in [0.5, 0.6) is 0 Å². The van der Waals surface area contributed by atoms with Crippen LogP contribution in [-0.4, -0.2) is 0 Å². The van der Waals surface area contributed by atoms with E-state index in [0.29, 0.717) is 0 Å². The van der Waals surface area contributed by atoms with Crippen molar-refractivity contribution in [2.45, 2.75) is 13.8 Å². The average Bonchev–Trinajstić information content (AvgIpc) is 2.47. The number of rotatable bonds is 0. The Morgan fingerprint density at radius 2 is 1.60 bits per heavy atom. The molecule has 0 spiro atoms. The fourth-order valence-corrected chi connectivity index (χ4v) is 3.26. The number of hydrogen-bond acceptors (Lipinski definition) is 0. The van der Waals surface area contributed by atoms with E-state index in [-0.39, 0.29) is 0 Å². The van der Waals surface area contributed by atoms with Gasteiger partial charge in [0.25, 0.3) is 0 Å². The Labute approximate surface area is 118 Å². The third-order valence-electron chi connectivity index (χ3n) is 4.22. The summed E-state index contributed by atoms with van der Waals surface area (Å²) in [5, 5.41) is 5.29. The average molecular weight is 258 g/mol. The van der Waals surface area contributed by atoms with Crippen molar-refractivity contribution in [1.29, 1.82) is 0 Å². The number of pyridine rings is 2. The smallest absolute Gasteiger partial charge is 0.166 e. The van der Waals surface area contributed by atoms with Crippen LogP contribution in [0.15, 0.2) is 60.9 Å². The van der Waals surface area contributed by atoms with Crippen LogP contribution >= 0.6 is 0 Å². The van der Waals surface area contributed by atoms with E-state index in [0.717, 1.165) is 0 Å². The Morgan fingerprint density at radius 1 is 0.750 bits per heavy atom. The first kappa shape index (κ1) is 11.4. The zero-order valence-electron chi connectivity index (χ0n) is 11.7. The van der Waals surface area contributed by atoms with Crippen molar-refractivity contribution in [3.63, 3.8) is 0 Å². The first-order chi connectivity index (χ1) is 9.75. The molecule has 0 N–H and O–H groups in total.